The van der Waals surface area contributed by atoms with Gasteiger partial charge in [0, 0.05) is 5.39 Å². The summed E-state index contributed by atoms with van der Waals surface area (Å²) in [6.45, 7) is 0. The monoisotopic (exact) mass is 420 g/mol. The van der Waals surface area contributed by atoms with E-state index in [0.717, 1.165) is 16.5 Å². The van der Waals surface area contributed by atoms with Gasteiger partial charge in [0.2, 0.25) is 11.1 Å². The molecule has 0 aliphatic rings. The fourth-order valence-electron chi connectivity index (χ4n) is 2.82. The summed E-state index contributed by atoms with van der Waals surface area (Å²) in [7, 11) is 0. The highest BCUT2D eigenvalue weighted by molar-refractivity contribution is 7.99. The molecule has 7 nitrogen and oxygen atoms in total. The number of hydrogen-bond donors (Lipinski definition) is 1. The Bertz CT molecular complexity index is 1240. The lowest BCUT2D eigenvalue weighted by Gasteiger charge is -2.09. The molecule has 0 bridgehead atoms. The minimum absolute atomic E-state index is 0.0987. The van der Waals surface area contributed by atoms with Crippen molar-refractivity contribution in [3.63, 3.8) is 0 Å². The van der Waals surface area contributed by atoms with Crippen LogP contribution in [0.25, 0.3) is 16.5 Å². The first-order valence-corrected chi connectivity index (χ1v) is 9.91. The van der Waals surface area contributed by atoms with Gasteiger partial charge in [0.15, 0.2) is 0 Å². The van der Waals surface area contributed by atoms with Gasteiger partial charge >= 0.3 is 0 Å². The number of aromatic nitrogens is 4. The molecule has 29 heavy (non-hydrogen) atoms. The van der Waals surface area contributed by atoms with Crippen LogP contribution in [0.1, 0.15) is 5.56 Å². The summed E-state index contributed by atoms with van der Waals surface area (Å²) in [5, 5.41) is 26.4. The van der Waals surface area contributed by atoms with Gasteiger partial charge in [-0.05, 0) is 40.1 Å². The molecule has 3 aromatic carbocycles. The first-order valence-electron chi connectivity index (χ1n) is 8.54. The number of carbonyl (C=O) groups excluding carboxylic acids is 1. The van der Waals surface area contributed by atoms with E-state index < -0.39 is 0 Å². The van der Waals surface area contributed by atoms with E-state index in [2.05, 4.69) is 20.8 Å². The SMILES string of the molecule is N#Cc1ccc(NC(=O)CSc2nnnn2-c2cccc3ccccc23)c(Cl)c1. The zero-order chi connectivity index (χ0) is 20.2. The molecule has 4 rings (SSSR count). The highest BCUT2D eigenvalue weighted by Crippen LogP contribution is 2.26. The van der Waals surface area contributed by atoms with Crippen LogP contribution in [0.4, 0.5) is 5.69 Å². The number of tetrazole rings is 1. The number of anilines is 1. The minimum atomic E-state index is -0.255. The predicted octanol–water partition coefficient (Wildman–Crippen LogP) is 4.07. The molecule has 0 saturated heterocycles. The van der Waals surface area contributed by atoms with Crippen molar-refractivity contribution in [2.45, 2.75) is 5.16 Å². The van der Waals surface area contributed by atoms with Gasteiger partial charge in [-0.3, -0.25) is 4.79 Å². The second-order valence-corrected chi connectivity index (χ2v) is 7.36. The normalized spacial score (nSPS) is 10.6. The average Bonchev–Trinajstić information content (AvgIpc) is 3.21. The third-order valence-corrected chi connectivity index (χ3v) is 5.37. The van der Waals surface area contributed by atoms with Crippen molar-refractivity contribution >= 4 is 45.7 Å². The van der Waals surface area contributed by atoms with Crippen LogP contribution >= 0.6 is 23.4 Å². The molecule has 1 heterocycles. The zero-order valence-corrected chi connectivity index (χ0v) is 16.5. The number of carbonyl (C=O) groups is 1. The molecule has 1 amide bonds. The van der Waals surface area contributed by atoms with Gasteiger partial charge in [0.05, 0.1) is 33.8 Å². The summed E-state index contributed by atoms with van der Waals surface area (Å²) in [6, 6.07) is 20.5. The molecule has 0 fully saturated rings. The summed E-state index contributed by atoms with van der Waals surface area (Å²) in [5.74, 6) is -0.157. The van der Waals surface area contributed by atoms with E-state index in [1.807, 2.05) is 48.5 Å². The summed E-state index contributed by atoms with van der Waals surface area (Å²) in [4.78, 5) is 12.3. The van der Waals surface area contributed by atoms with E-state index >= 15 is 0 Å². The number of rotatable bonds is 5. The minimum Gasteiger partial charge on any atom is -0.324 e. The van der Waals surface area contributed by atoms with E-state index in [1.54, 1.807) is 16.8 Å². The van der Waals surface area contributed by atoms with E-state index in [9.17, 15) is 4.79 Å². The second kappa shape index (κ2) is 8.31. The number of nitrogens with one attached hydrogen (secondary N) is 1. The number of nitriles is 1. The Kier molecular flexibility index (Phi) is 5.42. The third-order valence-electron chi connectivity index (χ3n) is 4.14. The van der Waals surface area contributed by atoms with Gasteiger partial charge in [-0.15, -0.1) is 5.10 Å². The van der Waals surface area contributed by atoms with Gasteiger partial charge in [0.25, 0.3) is 0 Å². The first kappa shape index (κ1) is 18.9. The van der Waals surface area contributed by atoms with Gasteiger partial charge < -0.3 is 5.32 Å². The van der Waals surface area contributed by atoms with Crippen LogP contribution in [0.5, 0.6) is 0 Å². The Hall–Kier alpha value is -3.41. The highest BCUT2D eigenvalue weighted by atomic mass is 35.5. The Labute approximate surface area is 175 Å². The molecular formula is C20H13ClN6OS. The number of hydrogen-bond acceptors (Lipinski definition) is 6. The van der Waals surface area contributed by atoms with Crippen LogP contribution in [-0.2, 0) is 4.79 Å². The van der Waals surface area contributed by atoms with E-state index in [0.29, 0.717) is 21.4 Å². The van der Waals surface area contributed by atoms with Gasteiger partial charge in [-0.2, -0.15) is 9.94 Å². The van der Waals surface area contributed by atoms with E-state index in [1.165, 1.54) is 17.8 Å². The predicted molar refractivity (Wildman–Crippen MR) is 112 cm³/mol. The van der Waals surface area contributed by atoms with Crippen molar-refractivity contribution in [1.29, 1.82) is 5.26 Å². The van der Waals surface area contributed by atoms with Crippen LogP contribution in [0.3, 0.4) is 0 Å². The largest absolute Gasteiger partial charge is 0.324 e. The zero-order valence-electron chi connectivity index (χ0n) is 14.9. The molecule has 1 N–H and O–H groups in total. The van der Waals surface area contributed by atoms with Gasteiger partial charge in [-0.1, -0.05) is 59.8 Å². The maximum absolute atomic E-state index is 12.3. The van der Waals surface area contributed by atoms with Crippen molar-refractivity contribution in [1.82, 2.24) is 20.2 Å². The molecule has 0 spiro atoms. The fraction of sp³-hybridized carbons (Fsp3) is 0.0500. The molecule has 4 aromatic rings. The number of fused-ring (bicyclic) bond motifs is 1. The van der Waals surface area contributed by atoms with Crippen molar-refractivity contribution in [2.75, 3.05) is 11.1 Å². The molecule has 0 aliphatic carbocycles. The smallest absolute Gasteiger partial charge is 0.234 e. The molecule has 1 aromatic heterocycles. The molecule has 0 atom stereocenters. The quantitative estimate of drug-likeness (QED) is 0.489. The van der Waals surface area contributed by atoms with Crippen LogP contribution in [-0.4, -0.2) is 31.9 Å². The van der Waals surface area contributed by atoms with Crippen molar-refractivity contribution < 1.29 is 4.79 Å². The fourth-order valence-corrected chi connectivity index (χ4v) is 3.73. The van der Waals surface area contributed by atoms with Crippen LogP contribution in [0.15, 0.2) is 65.8 Å². The van der Waals surface area contributed by atoms with Crippen molar-refractivity contribution in [2.24, 2.45) is 0 Å². The maximum Gasteiger partial charge on any atom is 0.234 e. The van der Waals surface area contributed by atoms with Crippen LogP contribution < -0.4 is 5.32 Å². The Balaban J connectivity index is 1.50. The summed E-state index contributed by atoms with van der Waals surface area (Å²) in [6.07, 6.45) is 0. The van der Waals surface area contributed by atoms with E-state index in [-0.39, 0.29) is 11.7 Å². The molecule has 0 radical (unpaired) electrons. The number of nitrogens with zero attached hydrogens (tertiary/aromatic N) is 5. The lowest BCUT2D eigenvalue weighted by molar-refractivity contribution is -0.113. The number of benzene rings is 3. The van der Waals surface area contributed by atoms with Gasteiger partial charge in [-0.25, -0.2) is 0 Å². The molecule has 9 heteroatoms. The topological polar surface area (TPSA) is 96.5 Å². The van der Waals surface area contributed by atoms with Crippen molar-refractivity contribution in [3.05, 3.63) is 71.2 Å². The molecule has 0 saturated carbocycles. The Morgan fingerprint density at radius 1 is 1.17 bits per heavy atom. The summed E-state index contributed by atoms with van der Waals surface area (Å²) in [5.41, 5.74) is 1.72. The van der Waals surface area contributed by atoms with Gasteiger partial charge in [0.1, 0.15) is 0 Å². The molecular weight excluding hydrogens is 408 g/mol. The Morgan fingerprint density at radius 2 is 2.00 bits per heavy atom. The lowest BCUT2D eigenvalue weighted by Crippen LogP contribution is -2.15. The average molecular weight is 421 g/mol. The first-order chi connectivity index (χ1) is 14.2. The second-order valence-electron chi connectivity index (χ2n) is 6.01. The number of halogens is 1. The lowest BCUT2D eigenvalue weighted by atomic mass is 10.1. The third kappa shape index (κ3) is 4.06. The molecule has 0 aliphatic heterocycles. The summed E-state index contributed by atoms with van der Waals surface area (Å²) >= 11 is 7.32. The van der Waals surface area contributed by atoms with Crippen LogP contribution in [0, 0.1) is 11.3 Å². The van der Waals surface area contributed by atoms with Crippen molar-refractivity contribution in [3.8, 4) is 11.8 Å². The highest BCUT2D eigenvalue weighted by Gasteiger charge is 2.14. The van der Waals surface area contributed by atoms with E-state index in [4.69, 9.17) is 16.9 Å². The Morgan fingerprint density at radius 3 is 2.83 bits per heavy atom. The maximum atomic E-state index is 12.3. The molecule has 0 unspecified atom stereocenters. The van der Waals surface area contributed by atoms with Crippen LogP contribution in [0.2, 0.25) is 5.02 Å². The number of amides is 1. The molecule has 142 valence electrons. The number of thioether (sulfide) groups is 1. The summed E-state index contributed by atoms with van der Waals surface area (Å²) < 4.78 is 1.62. The standard InChI is InChI=1S/C20H13ClN6OS/c21-16-10-13(11-22)8-9-17(16)23-19(28)12-29-20-24-25-26-27(20)18-7-3-5-14-4-1-2-6-15(14)18/h1-10H,12H2,(H,23,28).